The smallest absolute Gasteiger partial charge is 0.269 e. The largest absolute Gasteiger partial charge is 0.459 e. The zero-order valence-corrected chi connectivity index (χ0v) is 28.6. The fraction of sp³-hybridized carbons (Fsp3) is 0.250. The van der Waals surface area contributed by atoms with Crippen LogP contribution in [0.25, 0.3) is 43.1 Å². The van der Waals surface area contributed by atoms with Crippen LogP contribution in [0.3, 0.4) is 0 Å². The number of imide groups is 2. The lowest BCUT2D eigenvalue weighted by Gasteiger charge is -2.35. The average Bonchev–Trinajstić information content (AvgIpc) is 3.05. The number of hydrogen-bond acceptors (Lipinski definition) is 4. The van der Waals surface area contributed by atoms with Crippen molar-refractivity contribution in [1.82, 2.24) is 9.80 Å². The van der Waals surface area contributed by atoms with Gasteiger partial charge in [-0.25, -0.2) is 0 Å². The number of nitrogens with zero attached hydrogens (tertiary/aromatic N) is 2. The molecule has 4 amide bonds. The summed E-state index contributed by atoms with van der Waals surface area (Å²) in [6.07, 6.45) is -13.5. The predicted molar refractivity (Wildman–Crippen MR) is 166 cm³/mol. The lowest BCUT2D eigenvalue weighted by Crippen LogP contribution is -2.59. The van der Waals surface area contributed by atoms with Gasteiger partial charge in [0.1, 0.15) is 0 Å². The third kappa shape index (κ3) is 4.76. The Balaban J connectivity index is 1.44. The minimum absolute atomic E-state index is 0.00264. The molecule has 54 heavy (non-hydrogen) atoms. The highest BCUT2D eigenvalue weighted by Crippen LogP contribution is 2.53. The van der Waals surface area contributed by atoms with E-state index in [1.807, 2.05) is 0 Å². The van der Waals surface area contributed by atoms with Crippen LogP contribution in [0.2, 0.25) is 0 Å². The van der Waals surface area contributed by atoms with Crippen LogP contribution in [0.4, 0.5) is 61.5 Å². The SMILES string of the molecule is O=C1c2ccc3c4c(Br)cc5c6c(cc(Br)c(c7ccc(c2c37)C(=O)N1CC(F)(F)C(F)(F)C(F)(F)F)c64)C(=O)N(CC(F)(F)C(F)(F)C(F)(F)F)C5=O. The van der Waals surface area contributed by atoms with Gasteiger partial charge in [-0.1, -0.05) is 44.0 Å². The van der Waals surface area contributed by atoms with E-state index in [1.165, 1.54) is 0 Å². The Hall–Kier alpha value is -4.34. The van der Waals surface area contributed by atoms with Crippen molar-refractivity contribution in [1.29, 1.82) is 0 Å². The van der Waals surface area contributed by atoms with E-state index in [9.17, 15) is 80.6 Å². The van der Waals surface area contributed by atoms with Crippen LogP contribution < -0.4 is 0 Å². The van der Waals surface area contributed by atoms with E-state index in [0.29, 0.717) is 0 Å². The number of carbonyl (C=O) groups excluding carboxylic acids is 4. The van der Waals surface area contributed by atoms with Gasteiger partial charge in [0.05, 0.1) is 13.1 Å². The van der Waals surface area contributed by atoms with E-state index in [4.69, 9.17) is 0 Å². The molecule has 5 aromatic rings. The van der Waals surface area contributed by atoms with Gasteiger partial charge in [-0.15, -0.1) is 0 Å². The number of benzene rings is 5. The number of alkyl halides is 14. The summed E-state index contributed by atoms with van der Waals surface area (Å²) < 4.78 is 190. The molecule has 0 aliphatic carbocycles. The van der Waals surface area contributed by atoms with E-state index >= 15 is 0 Å². The van der Waals surface area contributed by atoms with Crippen LogP contribution in [0.1, 0.15) is 41.4 Å². The third-order valence-corrected chi connectivity index (χ3v) is 10.5. The van der Waals surface area contributed by atoms with Crippen molar-refractivity contribution in [3.63, 3.8) is 0 Å². The lowest BCUT2D eigenvalue weighted by atomic mass is 9.82. The highest BCUT2D eigenvalue weighted by Gasteiger charge is 2.74. The summed E-state index contributed by atoms with van der Waals surface area (Å²) in [5, 5.41) is -0.199. The van der Waals surface area contributed by atoms with Gasteiger partial charge < -0.3 is 0 Å². The molecule has 2 aliphatic heterocycles. The second-order valence-corrected chi connectivity index (χ2v) is 14.0. The van der Waals surface area contributed by atoms with Crippen molar-refractivity contribution in [3.8, 4) is 0 Å². The highest BCUT2D eigenvalue weighted by molar-refractivity contribution is 9.11. The topological polar surface area (TPSA) is 74.8 Å². The van der Waals surface area contributed by atoms with Gasteiger partial charge in [-0.2, -0.15) is 61.5 Å². The van der Waals surface area contributed by atoms with Crippen LogP contribution in [0.15, 0.2) is 45.3 Å². The Kier molecular flexibility index (Phi) is 7.82. The number of carbonyl (C=O) groups is 4. The third-order valence-electron chi connectivity index (χ3n) is 9.25. The number of hydrogen-bond donors (Lipinski definition) is 0. The summed E-state index contributed by atoms with van der Waals surface area (Å²) in [5.41, 5.74) is -2.34. The van der Waals surface area contributed by atoms with E-state index in [0.717, 1.165) is 36.4 Å². The van der Waals surface area contributed by atoms with Crippen LogP contribution in [-0.2, 0) is 0 Å². The second kappa shape index (κ2) is 11.1. The molecule has 0 atom stereocenters. The summed E-state index contributed by atoms with van der Waals surface area (Å²) in [5.74, 6) is -31.9. The maximum atomic E-state index is 14.5. The van der Waals surface area contributed by atoms with E-state index < -0.39 is 105 Å². The molecule has 0 spiro atoms. The first-order valence-corrected chi connectivity index (χ1v) is 16.1. The van der Waals surface area contributed by atoms with Gasteiger partial charge in [0.2, 0.25) is 0 Å². The van der Waals surface area contributed by atoms with E-state index in [-0.39, 0.29) is 52.0 Å². The Bertz CT molecular complexity index is 2440. The van der Waals surface area contributed by atoms with Gasteiger partial charge >= 0.3 is 36.0 Å². The highest BCUT2D eigenvalue weighted by atomic mass is 79.9. The molecule has 5 aromatic carbocycles. The molecule has 0 saturated heterocycles. The molecular weight excluding hydrogens is 902 g/mol. The van der Waals surface area contributed by atoms with E-state index in [2.05, 4.69) is 31.9 Å². The van der Waals surface area contributed by atoms with Crippen LogP contribution in [-0.4, -0.2) is 82.6 Å². The molecule has 0 fully saturated rings. The number of fused-ring (bicyclic) bond motifs is 2. The quantitative estimate of drug-likeness (QED) is 0.0736. The fourth-order valence-electron chi connectivity index (χ4n) is 6.77. The zero-order valence-electron chi connectivity index (χ0n) is 25.5. The van der Waals surface area contributed by atoms with Crippen molar-refractivity contribution in [2.24, 2.45) is 0 Å². The van der Waals surface area contributed by atoms with Gasteiger partial charge in [0.15, 0.2) is 0 Å². The first-order valence-electron chi connectivity index (χ1n) is 14.6. The van der Waals surface area contributed by atoms with Crippen LogP contribution in [0, 0.1) is 0 Å². The predicted octanol–water partition coefficient (Wildman–Crippen LogP) is 10.1. The molecule has 0 aromatic heterocycles. The standard InChI is InChI=1S/C32H10Br2F14N2O4/c33-15-5-13-19-14(26(54)50(25(13)53)8-28(37,38)30(41,42)32(46,47)48)6-16(34)21-10-2-4-12-18-11(3-1-9(17(10)18)20(15)22(19)21)23(51)49(24(12)52)7-27(35,36)29(39,40)31(43,44)45/h1-6H,7-8H2. The van der Waals surface area contributed by atoms with Gasteiger partial charge in [-0.3, -0.25) is 29.0 Å². The Morgan fingerprint density at radius 2 is 0.741 bits per heavy atom. The van der Waals surface area contributed by atoms with E-state index in [1.54, 1.807) is 0 Å². The summed E-state index contributed by atoms with van der Waals surface area (Å²) in [6, 6.07) is 6.09. The molecule has 284 valence electrons. The molecule has 0 radical (unpaired) electrons. The number of halogens is 16. The molecular formula is C32H10Br2F14N2O4. The van der Waals surface area contributed by atoms with Crippen LogP contribution >= 0.6 is 31.9 Å². The lowest BCUT2D eigenvalue weighted by molar-refractivity contribution is -0.354. The molecule has 0 N–H and O–H groups in total. The molecule has 2 aliphatic rings. The van der Waals surface area contributed by atoms with Crippen molar-refractivity contribution in [2.75, 3.05) is 13.1 Å². The molecule has 0 unspecified atom stereocenters. The number of rotatable bonds is 6. The molecule has 0 bridgehead atoms. The zero-order chi connectivity index (χ0) is 40.2. The maximum Gasteiger partial charge on any atom is 0.459 e. The maximum absolute atomic E-state index is 14.5. The molecule has 0 saturated carbocycles. The molecule has 22 heteroatoms. The average molecular weight is 912 g/mol. The Labute approximate surface area is 305 Å². The fourth-order valence-corrected chi connectivity index (χ4v) is 8.05. The first kappa shape index (κ1) is 38.0. The van der Waals surface area contributed by atoms with Gasteiger partial charge in [-0.05, 0) is 40.4 Å². The van der Waals surface area contributed by atoms with Crippen molar-refractivity contribution in [2.45, 2.75) is 36.0 Å². The van der Waals surface area contributed by atoms with Crippen molar-refractivity contribution >= 4 is 98.6 Å². The van der Waals surface area contributed by atoms with Gasteiger partial charge in [0, 0.05) is 58.1 Å². The summed E-state index contributed by atoms with van der Waals surface area (Å²) >= 11 is 6.40. The normalized spacial score (nSPS) is 16.4. The monoisotopic (exact) mass is 910 g/mol. The minimum atomic E-state index is -6.77. The molecule has 2 heterocycles. The Morgan fingerprint density at radius 3 is 1.07 bits per heavy atom. The van der Waals surface area contributed by atoms with Gasteiger partial charge in [0.25, 0.3) is 23.6 Å². The second-order valence-electron chi connectivity index (χ2n) is 12.3. The minimum Gasteiger partial charge on any atom is -0.269 e. The molecule has 7 rings (SSSR count). The number of amides is 4. The summed E-state index contributed by atoms with van der Waals surface area (Å²) in [7, 11) is 0. The summed E-state index contributed by atoms with van der Waals surface area (Å²) in [4.78, 5) is 52.9. The first-order chi connectivity index (χ1) is 24.6. The van der Waals surface area contributed by atoms with Crippen molar-refractivity contribution < 1.29 is 80.6 Å². The van der Waals surface area contributed by atoms with Crippen molar-refractivity contribution in [3.05, 3.63) is 67.6 Å². The molecule has 6 nitrogen and oxygen atoms in total. The Morgan fingerprint density at radius 1 is 0.426 bits per heavy atom. The van der Waals surface area contributed by atoms with Crippen LogP contribution in [0.5, 0.6) is 0 Å². The summed E-state index contributed by atoms with van der Waals surface area (Å²) in [6.45, 7) is -5.34.